The van der Waals surface area contributed by atoms with Crippen molar-refractivity contribution in [3.63, 3.8) is 0 Å². The highest BCUT2D eigenvalue weighted by Gasteiger charge is 2.16. The van der Waals surface area contributed by atoms with Gasteiger partial charge in [0.15, 0.2) is 0 Å². The van der Waals surface area contributed by atoms with E-state index in [1.54, 1.807) is 13.8 Å². The van der Waals surface area contributed by atoms with E-state index in [0.717, 1.165) is 16.3 Å². The molecule has 22 heavy (non-hydrogen) atoms. The molecule has 4 nitrogen and oxygen atoms in total. The van der Waals surface area contributed by atoms with E-state index in [0.29, 0.717) is 6.54 Å². The van der Waals surface area contributed by atoms with Gasteiger partial charge in [-0.1, -0.05) is 56.3 Å². The first-order chi connectivity index (χ1) is 10.6. The van der Waals surface area contributed by atoms with Crippen LogP contribution in [0.3, 0.4) is 0 Å². The monoisotopic (exact) mass is 301 g/mol. The third-order valence-corrected chi connectivity index (χ3v) is 2.85. The van der Waals surface area contributed by atoms with E-state index in [9.17, 15) is 9.59 Å². The van der Waals surface area contributed by atoms with Crippen LogP contribution >= 0.6 is 0 Å². The lowest BCUT2D eigenvalue weighted by Crippen LogP contribution is -2.33. The second kappa shape index (κ2) is 8.82. The first kappa shape index (κ1) is 17.7. The Kier molecular flexibility index (Phi) is 7.09. The van der Waals surface area contributed by atoms with E-state index >= 15 is 0 Å². The Hall–Kier alpha value is -2.36. The van der Waals surface area contributed by atoms with Crippen LogP contribution in [0, 0.1) is 0 Å². The van der Waals surface area contributed by atoms with Gasteiger partial charge in [-0.15, -0.1) is 0 Å². The van der Waals surface area contributed by atoms with Gasteiger partial charge in [-0.25, -0.2) is 4.79 Å². The molecule has 0 aromatic heterocycles. The number of hydrogen-bond donors (Lipinski definition) is 1. The molecule has 2 aromatic carbocycles. The minimum atomic E-state index is -0.847. The van der Waals surface area contributed by atoms with Crippen molar-refractivity contribution in [3.05, 3.63) is 48.0 Å². The summed E-state index contributed by atoms with van der Waals surface area (Å²) in [7, 11) is 0. The van der Waals surface area contributed by atoms with E-state index in [-0.39, 0.29) is 6.10 Å². The second-order valence-corrected chi connectivity index (χ2v) is 4.78. The molecular formula is C18H23NO3. The van der Waals surface area contributed by atoms with Crippen LogP contribution in [0.2, 0.25) is 0 Å². The lowest BCUT2D eigenvalue weighted by Gasteiger charge is -2.09. The van der Waals surface area contributed by atoms with Crippen molar-refractivity contribution in [2.45, 2.75) is 40.3 Å². The second-order valence-electron chi connectivity index (χ2n) is 4.78. The third-order valence-electron chi connectivity index (χ3n) is 2.85. The summed E-state index contributed by atoms with van der Waals surface area (Å²) >= 11 is 0. The van der Waals surface area contributed by atoms with Crippen LogP contribution < -0.4 is 5.32 Å². The topological polar surface area (TPSA) is 55.4 Å². The molecule has 0 radical (unpaired) electrons. The molecular weight excluding hydrogens is 278 g/mol. The van der Waals surface area contributed by atoms with Gasteiger partial charge < -0.3 is 10.1 Å². The summed E-state index contributed by atoms with van der Waals surface area (Å²) in [6, 6.07) is 13.8. The molecule has 0 fully saturated rings. The van der Waals surface area contributed by atoms with Gasteiger partial charge in [-0.3, -0.25) is 4.79 Å². The van der Waals surface area contributed by atoms with Gasteiger partial charge in [0.2, 0.25) is 0 Å². The number of fused-ring (bicyclic) bond motifs is 1. The Bertz CT molecular complexity index is 630. The fourth-order valence-corrected chi connectivity index (χ4v) is 1.96. The summed E-state index contributed by atoms with van der Waals surface area (Å²) < 4.78 is 4.84. The maximum Gasteiger partial charge on any atom is 0.397 e. The van der Waals surface area contributed by atoms with Gasteiger partial charge in [-0.2, -0.15) is 0 Å². The fraction of sp³-hybridized carbons (Fsp3) is 0.333. The summed E-state index contributed by atoms with van der Waals surface area (Å²) in [6.45, 7) is 7.71. The number of amides is 1. The van der Waals surface area contributed by atoms with Crippen LogP contribution in [0.5, 0.6) is 0 Å². The average molecular weight is 301 g/mol. The quantitative estimate of drug-likeness (QED) is 0.698. The summed E-state index contributed by atoms with van der Waals surface area (Å²) in [5.41, 5.74) is 0.966. The maximum absolute atomic E-state index is 11.6. The highest BCUT2D eigenvalue weighted by molar-refractivity contribution is 6.32. The van der Waals surface area contributed by atoms with Crippen LogP contribution in [0.15, 0.2) is 42.5 Å². The van der Waals surface area contributed by atoms with Crippen LogP contribution in [-0.2, 0) is 20.9 Å². The van der Waals surface area contributed by atoms with Crippen LogP contribution in [0.4, 0.5) is 0 Å². The molecule has 4 heteroatoms. The SMILES string of the molecule is CC.CC(C)OC(=O)C(=O)NCc1cccc2ccccc12. The number of rotatable bonds is 3. The smallest absolute Gasteiger partial charge is 0.397 e. The summed E-state index contributed by atoms with van der Waals surface area (Å²) in [4.78, 5) is 23.0. The van der Waals surface area contributed by atoms with E-state index < -0.39 is 11.9 Å². The van der Waals surface area contributed by atoms with Gasteiger partial charge in [-0.05, 0) is 30.2 Å². The van der Waals surface area contributed by atoms with Gasteiger partial charge in [0.25, 0.3) is 0 Å². The molecule has 0 unspecified atom stereocenters. The van der Waals surface area contributed by atoms with Crippen molar-refractivity contribution in [1.82, 2.24) is 5.32 Å². The molecule has 2 aromatic rings. The molecule has 0 aliphatic carbocycles. The zero-order chi connectivity index (χ0) is 16.5. The van der Waals surface area contributed by atoms with Crippen molar-refractivity contribution in [3.8, 4) is 0 Å². The average Bonchev–Trinajstić information content (AvgIpc) is 2.53. The van der Waals surface area contributed by atoms with Crippen molar-refractivity contribution in [2.75, 3.05) is 0 Å². The Labute approximate surface area is 131 Å². The standard InChI is InChI=1S/C16H17NO3.C2H6/c1-11(2)20-16(19)15(18)17-10-13-8-5-7-12-6-3-4-9-14(12)13;1-2/h3-9,11H,10H2,1-2H3,(H,17,18);1-2H3. The Morgan fingerprint density at radius 3 is 2.36 bits per heavy atom. The number of carbonyl (C=O) groups excluding carboxylic acids is 2. The minimum Gasteiger partial charge on any atom is -0.456 e. The van der Waals surface area contributed by atoms with Crippen molar-refractivity contribution in [1.29, 1.82) is 0 Å². The van der Waals surface area contributed by atoms with E-state index in [2.05, 4.69) is 5.32 Å². The van der Waals surface area contributed by atoms with E-state index in [4.69, 9.17) is 4.74 Å². The first-order valence-corrected chi connectivity index (χ1v) is 7.53. The summed E-state index contributed by atoms with van der Waals surface area (Å²) in [6.07, 6.45) is -0.300. The number of ether oxygens (including phenoxy) is 1. The van der Waals surface area contributed by atoms with Gasteiger partial charge in [0.1, 0.15) is 0 Å². The zero-order valence-electron chi connectivity index (χ0n) is 13.6. The van der Waals surface area contributed by atoms with E-state index in [1.807, 2.05) is 56.3 Å². The molecule has 0 aliphatic heterocycles. The lowest BCUT2D eigenvalue weighted by molar-refractivity contribution is -0.157. The molecule has 0 saturated carbocycles. The molecule has 1 amide bonds. The number of hydrogen-bond acceptors (Lipinski definition) is 3. The number of nitrogens with one attached hydrogen (secondary N) is 1. The van der Waals surface area contributed by atoms with Gasteiger partial charge >= 0.3 is 11.9 Å². The maximum atomic E-state index is 11.6. The van der Waals surface area contributed by atoms with Crippen LogP contribution in [-0.4, -0.2) is 18.0 Å². The van der Waals surface area contributed by atoms with Crippen LogP contribution in [0.25, 0.3) is 10.8 Å². The summed E-state index contributed by atoms with van der Waals surface area (Å²) in [5.74, 6) is -1.56. The van der Waals surface area contributed by atoms with Crippen molar-refractivity contribution >= 4 is 22.6 Å². The highest BCUT2D eigenvalue weighted by Crippen LogP contribution is 2.18. The molecule has 0 heterocycles. The van der Waals surface area contributed by atoms with Crippen molar-refractivity contribution < 1.29 is 14.3 Å². The third kappa shape index (κ3) is 4.88. The van der Waals surface area contributed by atoms with Crippen molar-refractivity contribution in [2.24, 2.45) is 0 Å². The molecule has 0 spiro atoms. The molecule has 1 N–H and O–H groups in total. The predicted octanol–water partition coefficient (Wildman–Crippen LogP) is 3.43. The summed E-state index contributed by atoms with van der Waals surface area (Å²) in [5, 5.41) is 4.75. The van der Waals surface area contributed by atoms with Gasteiger partial charge in [0.05, 0.1) is 6.10 Å². The minimum absolute atomic E-state index is 0.299. The van der Waals surface area contributed by atoms with Gasteiger partial charge in [0, 0.05) is 6.54 Å². The Morgan fingerprint density at radius 2 is 1.68 bits per heavy atom. The largest absolute Gasteiger partial charge is 0.456 e. The Balaban J connectivity index is 0.00000116. The molecule has 0 aliphatic rings. The molecule has 118 valence electrons. The number of carbonyl (C=O) groups is 2. The number of benzene rings is 2. The molecule has 2 rings (SSSR count). The first-order valence-electron chi connectivity index (χ1n) is 7.53. The fourth-order valence-electron chi connectivity index (χ4n) is 1.96. The molecule has 0 atom stereocenters. The lowest BCUT2D eigenvalue weighted by atomic mass is 10.0. The molecule has 0 saturated heterocycles. The Morgan fingerprint density at radius 1 is 1.05 bits per heavy atom. The highest BCUT2D eigenvalue weighted by atomic mass is 16.5. The zero-order valence-corrected chi connectivity index (χ0v) is 13.6. The van der Waals surface area contributed by atoms with Crippen LogP contribution in [0.1, 0.15) is 33.3 Å². The predicted molar refractivity (Wildman–Crippen MR) is 88.4 cm³/mol. The normalized spacial score (nSPS) is 9.86. The molecule has 0 bridgehead atoms. The number of esters is 1. The van der Waals surface area contributed by atoms with E-state index in [1.165, 1.54) is 0 Å².